The molecule has 1 aliphatic heterocycles. The van der Waals surface area contributed by atoms with Gasteiger partial charge < -0.3 is 20.4 Å². The zero-order chi connectivity index (χ0) is 26.8. The van der Waals surface area contributed by atoms with Gasteiger partial charge >= 0.3 is 0 Å². The Labute approximate surface area is 225 Å². The first-order valence-electron chi connectivity index (χ1n) is 12.4. The summed E-state index contributed by atoms with van der Waals surface area (Å²) in [7, 11) is 0. The van der Waals surface area contributed by atoms with E-state index in [0.717, 1.165) is 48.6 Å². The molecule has 5 rings (SSSR count). The van der Waals surface area contributed by atoms with Crippen LogP contribution in [0, 0.1) is 19.7 Å². The van der Waals surface area contributed by atoms with E-state index in [-0.39, 0.29) is 12.1 Å². The third kappa shape index (κ3) is 5.72. The molecule has 3 N–H and O–H groups in total. The second-order valence-corrected chi connectivity index (χ2v) is 9.85. The summed E-state index contributed by atoms with van der Waals surface area (Å²) in [6, 6.07) is 7.68. The van der Waals surface area contributed by atoms with Gasteiger partial charge in [0, 0.05) is 55.4 Å². The molecule has 0 spiro atoms. The van der Waals surface area contributed by atoms with Crippen molar-refractivity contribution < 1.29 is 4.39 Å². The smallest absolute Gasteiger partial charge is 0.227 e. The number of hydrogen-bond acceptors (Lipinski definition) is 8. The minimum absolute atomic E-state index is 0.0527. The summed E-state index contributed by atoms with van der Waals surface area (Å²) >= 11 is 5.77. The van der Waals surface area contributed by atoms with Crippen LogP contribution < -0.4 is 15.5 Å². The quantitative estimate of drug-likeness (QED) is 0.317. The fourth-order valence-corrected chi connectivity index (χ4v) is 4.83. The second kappa shape index (κ2) is 10.7. The van der Waals surface area contributed by atoms with E-state index in [1.54, 1.807) is 6.20 Å². The van der Waals surface area contributed by atoms with Crippen molar-refractivity contribution in [3.8, 4) is 5.82 Å². The number of pyridine rings is 1. The first kappa shape index (κ1) is 25.5. The van der Waals surface area contributed by atoms with E-state index < -0.39 is 5.82 Å². The van der Waals surface area contributed by atoms with Gasteiger partial charge in [-0.3, -0.25) is 5.10 Å². The molecule has 38 heavy (non-hydrogen) atoms. The highest BCUT2D eigenvalue weighted by atomic mass is 32.1. The number of aromatic nitrogens is 7. The van der Waals surface area contributed by atoms with Crippen LogP contribution in [0.4, 0.5) is 22.0 Å². The van der Waals surface area contributed by atoms with Crippen LogP contribution in [-0.2, 0) is 0 Å². The van der Waals surface area contributed by atoms with E-state index in [2.05, 4.69) is 52.6 Å². The molecule has 0 amide bonds. The van der Waals surface area contributed by atoms with Gasteiger partial charge in [-0.05, 0) is 51.5 Å². The molecule has 1 saturated heterocycles. The minimum atomic E-state index is -0.402. The topological polar surface area (TPSA) is 116 Å². The number of nitrogens with zero attached hydrogens (tertiary/aromatic N) is 8. The van der Waals surface area contributed by atoms with E-state index in [1.165, 1.54) is 10.9 Å². The first-order chi connectivity index (χ1) is 18.2. The Bertz CT molecular complexity index is 1420. The average molecular weight is 536 g/mol. The Morgan fingerprint density at radius 2 is 2.00 bits per heavy atom. The number of H-pyrrole nitrogens is 1. The molecule has 13 heteroatoms. The van der Waals surface area contributed by atoms with Crippen LogP contribution in [-0.4, -0.2) is 70.6 Å². The summed E-state index contributed by atoms with van der Waals surface area (Å²) in [5.74, 6) is 2.25. The fourth-order valence-electron chi connectivity index (χ4n) is 4.38. The van der Waals surface area contributed by atoms with Crippen molar-refractivity contribution >= 4 is 34.9 Å². The maximum atomic E-state index is 13.3. The van der Waals surface area contributed by atoms with Crippen LogP contribution in [0.1, 0.15) is 36.8 Å². The lowest BCUT2D eigenvalue weighted by molar-refractivity contribution is 0.290. The summed E-state index contributed by atoms with van der Waals surface area (Å²) in [5.41, 5.74) is 2.82. The number of thiocarbonyl (C=S) groups is 1. The predicted molar refractivity (Wildman–Crippen MR) is 147 cm³/mol. The summed E-state index contributed by atoms with van der Waals surface area (Å²) in [6.07, 6.45) is 4.20. The predicted octanol–water partition coefficient (Wildman–Crippen LogP) is 3.43. The number of halogens is 1. The monoisotopic (exact) mass is 535 g/mol. The van der Waals surface area contributed by atoms with Gasteiger partial charge in [-0.25, -0.2) is 19.0 Å². The number of aryl methyl sites for hydroxylation is 2. The SMILES string of the molecule is Cc1cc(Nc2cc(C)[nH]n2)nc(N2CCN(C(=S)N[C@@H](C)c3ccc(-n4cc(F)cn4)nc3)C(C)C2)n1. The van der Waals surface area contributed by atoms with E-state index in [9.17, 15) is 4.39 Å². The zero-order valence-electron chi connectivity index (χ0n) is 21.7. The molecular weight excluding hydrogens is 505 g/mol. The van der Waals surface area contributed by atoms with Crippen molar-refractivity contribution in [1.82, 2.24) is 45.1 Å². The van der Waals surface area contributed by atoms with Crippen LogP contribution in [0.15, 0.2) is 42.9 Å². The Morgan fingerprint density at radius 3 is 2.66 bits per heavy atom. The maximum absolute atomic E-state index is 13.3. The van der Waals surface area contributed by atoms with Gasteiger partial charge in [0.05, 0.1) is 18.4 Å². The van der Waals surface area contributed by atoms with Gasteiger partial charge in [-0.2, -0.15) is 15.2 Å². The molecule has 11 nitrogen and oxygen atoms in total. The highest BCUT2D eigenvalue weighted by Crippen LogP contribution is 2.21. The number of aromatic amines is 1. The van der Waals surface area contributed by atoms with Gasteiger partial charge in [-0.15, -0.1) is 0 Å². The molecule has 4 aromatic rings. The lowest BCUT2D eigenvalue weighted by Gasteiger charge is -2.41. The van der Waals surface area contributed by atoms with E-state index >= 15 is 0 Å². The van der Waals surface area contributed by atoms with Crippen molar-refractivity contribution in [1.29, 1.82) is 0 Å². The molecule has 0 radical (unpaired) electrons. The van der Waals surface area contributed by atoms with Crippen molar-refractivity contribution in [2.24, 2.45) is 0 Å². The van der Waals surface area contributed by atoms with E-state index in [4.69, 9.17) is 17.2 Å². The summed E-state index contributed by atoms with van der Waals surface area (Å²) in [4.78, 5) is 18.2. The van der Waals surface area contributed by atoms with Crippen LogP contribution in [0.3, 0.4) is 0 Å². The molecule has 0 saturated carbocycles. The van der Waals surface area contributed by atoms with E-state index in [0.29, 0.717) is 22.7 Å². The number of anilines is 3. The zero-order valence-corrected chi connectivity index (χ0v) is 22.5. The number of piperazine rings is 1. The third-order valence-electron chi connectivity index (χ3n) is 6.37. The van der Waals surface area contributed by atoms with Gasteiger partial charge in [0.15, 0.2) is 22.6 Å². The molecule has 4 aromatic heterocycles. The lowest BCUT2D eigenvalue weighted by atomic mass is 10.1. The van der Waals surface area contributed by atoms with Crippen LogP contribution >= 0.6 is 12.2 Å². The number of rotatable bonds is 6. The third-order valence-corrected chi connectivity index (χ3v) is 6.72. The van der Waals surface area contributed by atoms with Crippen molar-refractivity contribution in [3.05, 3.63) is 65.6 Å². The van der Waals surface area contributed by atoms with Crippen molar-refractivity contribution in [3.63, 3.8) is 0 Å². The molecule has 0 aliphatic carbocycles. The molecule has 1 fully saturated rings. The molecule has 0 aromatic carbocycles. The largest absolute Gasteiger partial charge is 0.356 e. The fraction of sp³-hybridized carbons (Fsp3) is 0.360. The van der Waals surface area contributed by atoms with Crippen LogP contribution in [0.25, 0.3) is 5.82 Å². The second-order valence-electron chi connectivity index (χ2n) is 9.47. The summed E-state index contributed by atoms with van der Waals surface area (Å²) < 4.78 is 14.7. The van der Waals surface area contributed by atoms with E-state index in [1.807, 2.05) is 45.0 Å². The average Bonchev–Trinajstić information content (AvgIpc) is 3.51. The highest BCUT2D eigenvalue weighted by Gasteiger charge is 2.28. The number of nitrogens with one attached hydrogen (secondary N) is 3. The van der Waals surface area contributed by atoms with Gasteiger partial charge in [0.2, 0.25) is 5.95 Å². The molecule has 2 atom stereocenters. The molecule has 1 unspecified atom stereocenters. The standard InChI is InChI=1S/C25H30FN11S/c1-15-9-21(31-22-10-16(2)33-34-22)32-24(29-15)35-7-8-36(17(3)13-35)25(38)30-18(4)19-5-6-23(27-11-19)37-14-20(26)12-28-37/h5-6,9-12,14,17-18H,7-8,13H2,1-4H3,(H,30,38)(H2,29,31,32,33,34)/t17?,18-/m0/s1. The lowest BCUT2D eigenvalue weighted by Crippen LogP contribution is -2.57. The van der Waals surface area contributed by atoms with Crippen molar-refractivity contribution in [2.75, 3.05) is 29.9 Å². The molecule has 198 valence electrons. The molecule has 0 bridgehead atoms. The van der Waals surface area contributed by atoms with Gasteiger partial charge in [-0.1, -0.05) is 6.07 Å². The summed E-state index contributed by atoms with van der Waals surface area (Å²) in [6.45, 7) is 10.3. The Kier molecular flexibility index (Phi) is 7.18. The number of hydrogen-bond donors (Lipinski definition) is 3. The Morgan fingerprint density at radius 1 is 1.16 bits per heavy atom. The Balaban J connectivity index is 1.19. The molecule has 1 aliphatic rings. The normalized spacial score (nSPS) is 16.4. The van der Waals surface area contributed by atoms with Crippen molar-refractivity contribution in [2.45, 2.75) is 39.8 Å². The maximum Gasteiger partial charge on any atom is 0.227 e. The van der Waals surface area contributed by atoms with Crippen LogP contribution in [0.5, 0.6) is 0 Å². The first-order valence-corrected chi connectivity index (χ1v) is 12.8. The van der Waals surface area contributed by atoms with Gasteiger partial charge in [0.1, 0.15) is 5.82 Å². The van der Waals surface area contributed by atoms with Gasteiger partial charge in [0.25, 0.3) is 0 Å². The highest BCUT2D eigenvalue weighted by molar-refractivity contribution is 7.80. The minimum Gasteiger partial charge on any atom is -0.356 e. The Hall–Kier alpha value is -4.13. The van der Waals surface area contributed by atoms with Crippen LogP contribution in [0.2, 0.25) is 0 Å². The summed E-state index contributed by atoms with van der Waals surface area (Å²) in [5, 5.41) is 18.5. The molecular formula is C25H30FN11S. The molecule has 5 heterocycles.